The van der Waals surface area contributed by atoms with Gasteiger partial charge in [0.25, 0.3) is 0 Å². The molecule has 3 N–H and O–H groups in total. The first-order chi connectivity index (χ1) is 13.0. The predicted molar refractivity (Wildman–Crippen MR) is 96.7 cm³/mol. The molecule has 1 aliphatic heterocycles. The molecule has 0 unspecified atom stereocenters. The molecule has 2 aromatic rings. The number of hydrogen-bond acceptors (Lipinski definition) is 4. The fourth-order valence-electron chi connectivity index (χ4n) is 2.85. The number of carbonyl (C=O) groups is 3. The van der Waals surface area contributed by atoms with Crippen molar-refractivity contribution in [2.24, 2.45) is 0 Å². The van der Waals surface area contributed by atoms with E-state index in [1.54, 1.807) is 24.3 Å². The summed E-state index contributed by atoms with van der Waals surface area (Å²) in [6.45, 7) is 0.294. The van der Waals surface area contributed by atoms with Crippen molar-refractivity contribution in [3.63, 3.8) is 0 Å². The van der Waals surface area contributed by atoms with Crippen molar-refractivity contribution in [3.8, 4) is 0 Å². The third-order valence-corrected chi connectivity index (χ3v) is 4.21. The van der Waals surface area contributed by atoms with Crippen molar-refractivity contribution < 1.29 is 23.5 Å². The maximum Gasteiger partial charge on any atom is 0.407 e. The maximum atomic E-state index is 13.4. The van der Waals surface area contributed by atoms with E-state index in [4.69, 9.17) is 0 Å². The number of alkyl carbamates (subject to hydrolysis) is 1. The van der Waals surface area contributed by atoms with E-state index in [0.29, 0.717) is 23.5 Å². The summed E-state index contributed by atoms with van der Waals surface area (Å²) in [6, 6.07) is 10.9. The summed E-state index contributed by atoms with van der Waals surface area (Å²) in [5.74, 6) is -1.86. The van der Waals surface area contributed by atoms with Crippen LogP contribution in [0.4, 0.5) is 20.6 Å². The van der Waals surface area contributed by atoms with Crippen LogP contribution in [0.15, 0.2) is 42.5 Å². The van der Waals surface area contributed by atoms with E-state index in [2.05, 4.69) is 20.7 Å². The lowest BCUT2D eigenvalue weighted by atomic mass is 9.89. The van der Waals surface area contributed by atoms with Crippen LogP contribution in [0, 0.1) is 5.82 Å². The van der Waals surface area contributed by atoms with Gasteiger partial charge >= 0.3 is 6.09 Å². The van der Waals surface area contributed by atoms with Gasteiger partial charge in [-0.3, -0.25) is 9.59 Å². The number of rotatable bonds is 4. The maximum absolute atomic E-state index is 13.4. The van der Waals surface area contributed by atoms with E-state index in [1.165, 1.54) is 25.3 Å². The number of carbonyl (C=O) groups excluding carboxylic acids is 3. The summed E-state index contributed by atoms with van der Waals surface area (Å²) in [6.07, 6.45) is -0.538. The lowest BCUT2D eigenvalue weighted by molar-refractivity contribution is -0.123. The highest BCUT2D eigenvalue weighted by atomic mass is 19.1. The van der Waals surface area contributed by atoms with Gasteiger partial charge in [-0.2, -0.15) is 0 Å². The van der Waals surface area contributed by atoms with Gasteiger partial charge < -0.3 is 20.7 Å². The number of hydrogen-bond donors (Lipinski definition) is 3. The molecule has 0 spiro atoms. The molecule has 1 aliphatic rings. The van der Waals surface area contributed by atoms with Crippen molar-refractivity contribution in [2.75, 3.05) is 17.7 Å². The van der Waals surface area contributed by atoms with Gasteiger partial charge in [0.05, 0.1) is 13.0 Å². The lowest BCUT2D eigenvalue weighted by Crippen LogP contribution is -2.30. The van der Waals surface area contributed by atoms with Crippen LogP contribution in [0.2, 0.25) is 0 Å². The van der Waals surface area contributed by atoms with Gasteiger partial charge in [-0.25, -0.2) is 9.18 Å². The van der Waals surface area contributed by atoms with E-state index in [-0.39, 0.29) is 18.2 Å². The largest absolute Gasteiger partial charge is 0.453 e. The molecule has 0 saturated heterocycles. The summed E-state index contributed by atoms with van der Waals surface area (Å²) in [5, 5.41) is 7.90. The van der Waals surface area contributed by atoms with Crippen LogP contribution in [-0.2, 0) is 20.9 Å². The minimum absolute atomic E-state index is 0.00833. The van der Waals surface area contributed by atoms with Crippen LogP contribution in [0.25, 0.3) is 0 Å². The molecule has 27 heavy (non-hydrogen) atoms. The van der Waals surface area contributed by atoms with Crippen LogP contribution in [0.3, 0.4) is 0 Å². The van der Waals surface area contributed by atoms with Crippen molar-refractivity contribution in [1.29, 1.82) is 0 Å². The Morgan fingerprint density at radius 1 is 1.22 bits per heavy atom. The summed E-state index contributed by atoms with van der Waals surface area (Å²) < 4.78 is 17.9. The van der Waals surface area contributed by atoms with Crippen molar-refractivity contribution >= 4 is 29.3 Å². The number of methoxy groups -OCH3 is 1. The first kappa shape index (κ1) is 18.4. The van der Waals surface area contributed by atoms with Crippen LogP contribution in [-0.4, -0.2) is 25.0 Å². The standard InChI is InChI=1S/C19H18FN3O4/c1-27-19(26)21-10-11-2-5-13(6-3-11)22-18(25)15-9-17(24)23-16-8-12(20)4-7-14(15)16/h2-8,15H,9-10H2,1H3,(H,21,26)(H,22,25)(H,23,24)/t15-/m0/s1. The molecule has 3 amide bonds. The van der Waals surface area contributed by atoms with Gasteiger partial charge in [-0.15, -0.1) is 0 Å². The van der Waals surface area contributed by atoms with E-state index in [9.17, 15) is 18.8 Å². The molecule has 0 aliphatic carbocycles. The molecular formula is C19H18FN3O4. The highest BCUT2D eigenvalue weighted by molar-refractivity contribution is 6.05. The molecule has 0 bridgehead atoms. The first-order valence-corrected chi connectivity index (χ1v) is 8.27. The molecule has 1 atom stereocenters. The number of benzene rings is 2. The summed E-state index contributed by atoms with van der Waals surface area (Å²) >= 11 is 0. The summed E-state index contributed by atoms with van der Waals surface area (Å²) in [7, 11) is 1.28. The lowest BCUT2D eigenvalue weighted by Gasteiger charge is -2.25. The Labute approximate surface area is 154 Å². The zero-order valence-corrected chi connectivity index (χ0v) is 14.5. The van der Waals surface area contributed by atoms with Crippen LogP contribution in [0.1, 0.15) is 23.5 Å². The molecular weight excluding hydrogens is 353 g/mol. The topological polar surface area (TPSA) is 96.5 Å². The van der Waals surface area contributed by atoms with Gasteiger partial charge in [-0.1, -0.05) is 18.2 Å². The van der Waals surface area contributed by atoms with Gasteiger partial charge in [0.15, 0.2) is 0 Å². The summed E-state index contributed by atoms with van der Waals surface area (Å²) in [4.78, 5) is 35.6. The van der Waals surface area contributed by atoms with Crippen LogP contribution < -0.4 is 16.0 Å². The molecule has 0 radical (unpaired) electrons. The average Bonchev–Trinajstić information content (AvgIpc) is 2.66. The molecule has 1 heterocycles. The Balaban J connectivity index is 1.69. The van der Waals surface area contributed by atoms with Crippen molar-refractivity contribution in [3.05, 3.63) is 59.4 Å². The second kappa shape index (κ2) is 7.86. The number of halogens is 1. The molecule has 3 rings (SSSR count). The van der Waals surface area contributed by atoms with E-state index in [1.807, 2.05) is 0 Å². The van der Waals surface area contributed by atoms with Gasteiger partial charge in [0, 0.05) is 24.3 Å². The van der Waals surface area contributed by atoms with E-state index < -0.39 is 17.8 Å². The van der Waals surface area contributed by atoms with Crippen LogP contribution in [0.5, 0.6) is 0 Å². The highest BCUT2D eigenvalue weighted by Crippen LogP contribution is 2.33. The molecule has 0 saturated carbocycles. The SMILES string of the molecule is COC(=O)NCc1ccc(NC(=O)[C@H]2CC(=O)Nc3cc(F)ccc32)cc1. The normalized spacial score (nSPS) is 15.3. The third kappa shape index (κ3) is 4.41. The number of ether oxygens (including phenoxy) is 1. The van der Waals surface area contributed by atoms with Crippen LogP contribution >= 0.6 is 0 Å². The number of nitrogens with one attached hydrogen (secondary N) is 3. The van der Waals surface area contributed by atoms with Gasteiger partial charge in [0.1, 0.15) is 5.82 Å². The molecule has 8 heteroatoms. The monoisotopic (exact) mass is 371 g/mol. The minimum Gasteiger partial charge on any atom is -0.453 e. The zero-order valence-electron chi connectivity index (χ0n) is 14.5. The molecule has 2 aromatic carbocycles. The first-order valence-electron chi connectivity index (χ1n) is 8.27. The predicted octanol–water partition coefficient (Wildman–Crippen LogP) is 2.75. The Hall–Kier alpha value is -3.42. The Morgan fingerprint density at radius 2 is 1.96 bits per heavy atom. The zero-order chi connectivity index (χ0) is 19.4. The smallest absolute Gasteiger partial charge is 0.407 e. The molecule has 140 valence electrons. The number of amides is 3. The highest BCUT2D eigenvalue weighted by Gasteiger charge is 2.31. The second-order valence-electron chi connectivity index (χ2n) is 6.07. The Kier molecular flexibility index (Phi) is 5.35. The molecule has 7 nitrogen and oxygen atoms in total. The second-order valence-corrected chi connectivity index (χ2v) is 6.07. The summed E-state index contributed by atoms with van der Waals surface area (Å²) in [5.41, 5.74) is 2.27. The third-order valence-electron chi connectivity index (χ3n) is 4.21. The van der Waals surface area contributed by atoms with E-state index >= 15 is 0 Å². The number of fused-ring (bicyclic) bond motifs is 1. The quantitative estimate of drug-likeness (QED) is 0.770. The Bertz CT molecular complexity index is 883. The van der Waals surface area contributed by atoms with Crippen molar-refractivity contribution in [2.45, 2.75) is 18.9 Å². The Morgan fingerprint density at radius 3 is 2.67 bits per heavy atom. The fraction of sp³-hybridized carbons (Fsp3) is 0.211. The molecule has 0 aromatic heterocycles. The van der Waals surface area contributed by atoms with Gasteiger partial charge in [0.2, 0.25) is 11.8 Å². The molecule has 0 fully saturated rings. The minimum atomic E-state index is -0.699. The van der Waals surface area contributed by atoms with Crippen molar-refractivity contribution in [1.82, 2.24) is 5.32 Å². The average molecular weight is 371 g/mol. The fourth-order valence-corrected chi connectivity index (χ4v) is 2.85. The van der Waals surface area contributed by atoms with E-state index in [0.717, 1.165) is 5.56 Å². The number of anilines is 2. The van der Waals surface area contributed by atoms with Gasteiger partial charge in [-0.05, 0) is 35.4 Å².